The van der Waals surface area contributed by atoms with Crippen LogP contribution in [0.25, 0.3) is 0 Å². The van der Waals surface area contributed by atoms with Crippen LogP contribution in [-0.4, -0.2) is 39.8 Å². The molecule has 18 heavy (non-hydrogen) atoms. The molecule has 1 aromatic carbocycles. The lowest BCUT2D eigenvalue weighted by molar-refractivity contribution is -0.119. The lowest BCUT2D eigenvalue weighted by Gasteiger charge is -2.19. The molecule has 0 aromatic heterocycles. The van der Waals surface area contributed by atoms with Crippen LogP contribution in [0.15, 0.2) is 18.2 Å². The van der Waals surface area contributed by atoms with Crippen LogP contribution >= 0.6 is 0 Å². The molecule has 100 valence electrons. The number of likely N-dealkylation sites (N-methyl/N-ethyl adjacent to an activating group) is 1. The lowest BCUT2D eigenvalue weighted by Crippen LogP contribution is -2.36. The Morgan fingerprint density at radius 3 is 2.78 bits per heavy atom. The maximum Gasteiger partial charge on any atom is 0.239 e. The van der Waals surface area contributed by atoms with Gasteiger partial charge in [-0.05, 0) is 30.7 Å². The summed E-state index contributed by atoms with van der Waals surface area (Å²) in [5.74, 6) is -0.0328. The highest BCUT2D eigenvalue weighted by atomic mass is 16.5. The van der Waals surface area contributed by atoms with Crippen LogP contribution in [0.5, 0.6) is 0 Å². The fraction of sp³-hybridized carbons (Fsp3) is 0.462. The van der Waals surface area contributed by atoms with Crippen LogP contribution in [-0.2, 0) is 9.53 Å². The Kier molecular flexibility index (Phi) is 5.45. The summed E-state index contributed by atoms with van der Waals surface area (Å²) in [5.41, 5.74) is 8.51. The minimum absolute atomic E-state index is 0.0328. The van der Waals surface area contributed by atoms with E-state index < -0.39 is 0 Å². The van der Waals surface area contributed by atoms with Crippen LogP contribution in [0.3, 0.4) is 0 Å². The van der Waals surface area contributed by atoms with Crippen molar-refractivity contribution in [1.82, 2.24) is 5.32 Å². The minimum atomic E-state index is -0.0328. The highest BCUT2D eigenvalue weighted by Gasteiger charge is 2.07. The number of rotatable bonds is 6. The van der Waals surface area contributed by atoms with Gasteiger partial charge in [0.05, 0.1) is 13.2 Å². The molecular weight excluding hydrogens is 230 g/mol. The van der Waals surface area contributed by atoms with Gasteiger partial charge >= 0.3 is 0 Å². The Balaban J connectivity index is 2.53. The maximum atomic E-state index is 11.6. The molecule has 5 nitrogen and oxygen atoms in total. The zero-order chi connectivity index (χ0) is 13.5. The highest BCUT2D eigenvalue weighted by Crippen LogP contribution is 2.18. The second kappa shape index (κ2) is 6.86. The number of hydrogen-bond acceptors (Lipinski definition) is 4. The van der Waals surface area contributed by atoms with E-state index in [0.717, 1.165) is 11.3 Å². The predicted molar refractivity (Wildman–Crippen MR) is 73.7 cm³/mol. The van der Waals surface area contributed by atoms with E-state index in [4.69, 9.17) is 10.5 Å². The molecule has 0 heterocycles. The summed E-state index contributed by atoms with van der Waals surface area (Å²) in [6.07, 6.45) is 0. The first-order chi connectivity index (χ1) is 8.52. The first kappa shape index (κ1) is 14.3. The molecule has 0 saturated heterocycles. The summed E-state index contributed by atoms with van der Waals surface area (Å²) in [4.78, 5) is 13.5. The lowest BCUT2D eigenvalue weighted by atomic mass is 10.2. The molecule has 0 aliphatic rings. The summed E-state index contributed by atoms with van der Waals surface area (Å²) in [6.45, 7) is 3.32. The van der Waals surface area contributed by atoms with Crippen molar-refractivity contribution in [1.29, 1.82) is 0 Å². The smallest absolute Gasteiger partial charge is 0.239 e. The molecular formula is C13H21N3O2. The SMILES string of the molecule is COCCNC(=O)CN(C)c1cc(C)cc(N)c1. The van der Waals surface area contributed by atoms with Crippen LogP contribution in [0.1, 0.15) is 5.56 Å². The van der Waals surface area contributed by atoms with Crippen LogP contribution < -0.4 is 16.0 Å². The molecule has 0 aliphatic carbocycles. The molecule has 1 aromatic rings. The molecule has 0 unspecified atom stereocenters. The second-order valence-corrected chi connectivity index (χ2v) is 4.30. The number of nitrogens with zero attached hydrogens (tertiary/aromatic N) is 1. The van der Waals surface area contributed by atoms with Crippen molar-refractivity contribution in [3.63, 3.8) is 0 Å². The number of benzene rings is 1. The average Bonchev–Trinajstić information content (AvgIpc) is 2.28. The molecule has 0 saturated carbocycles. The van der Waals surface area contributed by atoms with Crippen LogP contribution in [0.2, 0.25) is 0 Å². The van der Waals surface area contributed by atoms with Crippen molar-refractivity contribution < 1.29 is 9.53 Å². The Labute approximate surface area is 108 Å². The first-order valence-corrected chi connectivity index (χ1v) is 5.87. The number of aryl methyl sites for hydroxylation is 1. The number of nitrogen functional groups attached to an aromatic ring is 1. The fourth-order valence-electron chi connectivity index (χ4n) is 1.67. The van der Waals surface area contributed by atoms with E-state index in [1.807, 2.05) is 37.1 Å². The van der Waals surface area contributed by atoms with Crippen molar-refractivity contribution in [2.75, 3.05) is 44.5 Å². The molecule has 5 heteroatoms. The summed E-state index contributed by atoms with van der Waals surface area (Å²) in [7, 11) is 3.47. The largest absolute Gasteiger partial charge is 0.399 e. The molecule has 1 amide bonds. The van der Waals surface area contributed by atoms with Crippen molar-refractivity contribution in [3.05, 3.63) is 23.8 Å². The van der Waals surface area contributed by atoms with E-state index in [2.05, 4.69) is 5.32 Å². The number of nitrogens with two attached hydrogens (primary N) is 1. The van der Waals surface area contributed by atoms with E-state index in [9.17, 15) is 4.79 Å². The van der Waals surface area contributed by atoms with Gasteiger partial charge in [-0.15, -0.1) is 0 Å². The van der Waals surface area contributed by atoms with E-state index in [0.29, 0.717) is 25.4 Å². The van der Waals surface area contributed by atoms with Gasteiger partial charge in [0.1, 0.15) is 0 Å². The third kappa shape index (κ3) is 4.63. The quantitative estimate of drug-likeness (QED) is 0.579. The summed E-state index contributed by atoms with van der Waals surface area (Å²) in [5, 5.41) is 2.78. The van der Waals surface area contributed by atoms with Crippen molar-refractivity contribution in [2.45, 2.75) is 6.92 Å². The predicted octanol–water partition coefficient (Wildman–Crippen LogP) is 0.776. The zero-order valence-corrected chi connectivity index (χ0v) is 11.2. The summed E-state index contributed by atoms with van der Waals surface area (Å²) >= 11 is 0. The number of anilines is 2. The molecule has 0 bridgehead atoms. The fourth-order valence-corrected chi connectivity index (χ4v) is 1.67. The van der Waals surface area contributed by atoms with Crippen molar-refractivity contribution >= 4 is 17.3 Å². The van der Waals surface area contributed by atoms with Gasteiger partial charge in [0.15, 0.2) is 0 Å². The van der Waals surface area contributed by atoms with Gasteiger partial charge < -0.3 is 20.7 Å². The number of hydrogen-bond donors (Lipinski definition) is 2. The van der Waals surface area contributed by atoms with Gasteiger partial charge in [0, 0.05) is 32.1 Å². The molecule has 3 N–H and O–H groups in total. The van der Waals surface area contributed by atoms with E-state index in [-0.39, 0.29) is 5.91 Å². The van der Waals surface area contributed by atoms with Crippen LogP contribution in [0.4, 0.5) is 11.4 Å². The third-order valence-corrected chi connectivity index (χ3v) is 2.53. The van der Waals surface area contributed by atoms with Gasteiger partial charge in [-0.3, -0.25) is 4.79 Å². The summed E-state index contributed by atoms with van der Waals surface area (Å²) < 4.78 is 4.87. The normalized spacial score (nSPS) is 10.2. The second-order valence-electron chi connectivity index (χ2n) is 4.30. The first-order valence-electron chi connectivity index (χ1n) is 5.87. The van der Waals surface area contributed by atoms with Gasteiger partial charge in [0.2, 0.25) is 5.91 Å². The minimum Gasteiger partial charge on any atom is -0.399 e. The molecule has 0 spiro atoms. The van der Waals surface area contributed by atoms with Gasteiger partial charge in [-0.2, -0.15) is 0 Å². The van der Waals surface area contributed by atoms with Gasteiger partial charge in [-0.1, -0.05) is 0 Å². The Morgan fingerprint density at radius 2 is 2.17 bits per heavy atom. The number of carbonyl (C=O) groups excluding carboxylic acids is 1. The van der Waals surface area contributed by atoms with E-state index >= 15 is 0 Å². The monoisotopic (exact) mass is 251 g/mol. The van der Waals surface area contributed by atoms with Crippen molar-refractivity contribution in [3.8, 4) is 0 Å². The Bertz CT molecular complexity index is 387. The number of carbonyl (C=O) groups is 1. The molecule has 0 aliphatic heterocycles. The maximum absolute atomic E-state index is 11.6. The third-order valence-electron chi connectivity index (χ3n) is 2.53. The zero-order valence-electron chi connectivity index (χ0n) is 11.2. The topological polar surface area (TPSA) is 67.6 Å². The van der Waals surface area contributed by atoms with E-state index in [1.54, 1.807) is 7.11 Å². The van der Waals surface area contributed by atoms with Crippen LogP contribution in [0, 0.1) is 6.92 Å². The van der Waals surface area contributed by atoms with E-state index in [1.165, 1.54) is 0 Å². The molecule has 0 radical (unpaired) electrons. The Hall–Kier alpha value is -1.75. The van der Waals surface area contributed by atoms with Crippen molar-refractivity contribution in [2.24, 2.45) is 0 Å². The number of nitrogens with one attached hydrogen (secondary N) is 1. The molecule has 0 fully saturated rings. The molecule has 0 atom stereocenters. The number of ether oxygens (including phenoxy) is 1. The summed E-state index contributed by atoms with van der Waals surface area (Å²) in [6, 6.07) is 5.75. The Morgan fingerprint density at radius 1 is 1.44 bits per heavy atom. The molecule has 1 rings (SSSR count). The highest BCUT2D eigenvalue weighted by molar-refractivity contribution is 5.81. The average molecular weight is 251 g/mol. The number of amides is 1. The number of methoxy groups -OCH3 is 1. The van der Waals surface area contributed by atoms with Gasteiger partial charge in [0.25, 0.3) is 0 Å². The van der Waals surface area contributed by atoms with Gasteiger partial charge in [-0.25, -0.2) is 0 Å². The standard InChI is InChI=1S/C13H21N3O2/c1-10-6-11(14)8-12(7-10)16(2)9-13(17)15-4-5-18-3/h6-8H,4-5,9,14H2,1-3H3,(H,15,17).